The Morgan fingerprint density at radius 1 is 1.38 bits per heavy atom. The summed E-state index contributed by atoms with van der Waals surface area (Å²) in [7, 11) is 1.64. The lowest BCUT2D eigenvalue weighted by atomic mass is 9.84. The molecule has 1 rings (SSSR count). The van der Waals surface area contributed by atoms with Crippen LogP contribution in [0, 0.1) is 5.41 Å². The zero-order valence-corrected chi connectivity index (χ0v) is 13.6. The molecule has 0 aliphatic heterocycles. The molecule has 0 aliphatic carbocycles. The summed E-state index contributed by atoms with van der Waals surface area (Å²) in [5.74, 6) is 0.882. The lowest BCUT2D eigenvalue weighted by Crippen LogP contribution is -2.28. The molecule has 1 aromatic rings. The van der Waals surface area contributed by atoms with E-state index in [1.54, 1.807) is 7.11 Å². The lowest BCUT2D eigenvalue weighted by molar-refractivity contribution is -0.122. The summed E-state index contributed by atoms with van der Waals surface area (Å²) in [5.41, 5.74) is 6.75. The van der Waals surface area contributed by atoms with Crippen molar-refractivity contribution in [3.05, 3.63) is 29.8 Å². The summed E-state index contributed by atoms with van der Waals surface area (Å²) in [4.78, 5) is 12.1. The molecule has 0 heterocycles. The van der Waals surface area contributed by atoms with Crippen LogP contribution in [0.4, 0.5) is 0 Å². The predicted molar refractivity (Wildman–Crippen MR) is 86.2 cm³/mol. The fourth-order valence-corrected chi connectivity index (χ4v) is 2.28. The average molecular weight is 292 g/mol. The Kier molecular flexibility index (Phi) is 6.69. The minimum atomic E-state index is -0.0229. The van der Waals surface area contributed by atoms with Crippen LogP contribution >= 0.6 is 0 Å². The van der Waals surface area contributed by atoms with Crippen molar-refractivity contribution >= 4 is 5.91 Å². The minimum Gasteiger partial charge on any atom is -0.497 e. The highest BCUT2D eigenvalue weighted by molar-refractivity contribution is 5.76. The van der Waals surface area contributed by atoms with Crippen LogP contribution in [-0.4, -0.2) is 19.6 Å². The summed E-state index contributed by atoms with van der Waals surface area (Å²) in [6.45, 7) is 6.95. The van der Waals surface area contributed by atoms with Gasteiger partial charge in [0.2, 0.25) is 5.91 Å². The number of carbonyl (C=O) groups is 1. The van der Waals surface area contributed by atoms with Crippen LogP contribution in [-0.2, 0) is 4.79 Å². The molecular weight excluding hydrogens is 264 g/mol. The molecule has 0 bridgehead atoms. The second-order valence-corrected chi connectivity index (χ2v) is 6.27. The summed E-state index contributed by atoms with van der Waals surface area (Å²) >= 11 is 0. The fraction of sp³-hybridized carbons (Fsp3) is 0.588. The third kappa shape index (κ3) is 6.17. The highest BCUT2D eigenvalue weighted by Crippen LogP contribution is 2.26. The maximum absolute atomic E-state index is 12.1. The van der Waals surface area contributed by atoms with Gasteiger partial charge in [0.25, 0.3) is 0 Å². The van der Waals surface area contributed by atoms with Gasteiger partial charge >= 0.3 is 0 Å². The van der Waals surface area contributed by atoms with Gasteiger partial charge in [-0.1, -0.05) is 26.0 Å². The number of ether oxygens (including phenoxy) is 1. The van der Waals surface area contributed by atoms with Crippen LogP contribution in [0.3, 0.4) is 0 Å². The summed E-state index contributed by atoms with van der Waals surface area (Å²) in [5, 5.41) is 3.04. The first-order valence-electron chi connectivity index (χ1n) is 7.51. The fourth-order valence-electron chi connectivity index (χ4n) is 2.28. The molecule has 118 valence electrons. The molecule has 21 heavy (non-hydrogen) atoms. The van der Waals surface area contributed by atoms with Crippen LogP contribution in [0.1, 0.15) is 51.6 Å². The number of amides is 1. The molecule has 4 heteroatoms. The van der Waals surface area contributed by atoms with Gasteiger partial charge in [0.05, 0.1) is 13.2 Å². The molecule has 1 amide bonds. The molecular formula is C17H28N2O2. The van der Waals surface area contributed by atoms with E-state index in [9.17, 15) is 4.79 Å². The van der Waals surface area contributed by atoms with Gasteiger partial charge in [0.1, 0.15) is 5.75 Å². The molecule has 0 aromatic heterocycles. The van der Waals surface area contributed by atoms with Crippen molar-refractivity contribution in [2.75, 3.05) is 13.7 Å². The molecule has 1 atom stereocenters. The van der Waals surface area contributed by atoms with E-state index in [-0.39, 0.29) is 17.4 Å². The topological polar surface area (TPSA) is 64.3 Å². The van der Waals surface area contributed by atoms with Crippen molar-refractivity contribution in [2.45, 2.75) is 46.1 Å². The number of hydrogen-bond acceptors (Lipinski definition) is 3. The number of methoxy groups -OCH3 is 1. The molecule has 0 spiro atoms. The van der Waals surface area contributed by atoms with E-state index in [1.807, 2.05) is 31.2 Å². The normalized spacial score (nSPS) is 12.8. The molecule has 4 nitrogen and oxygen atoms in total. The molecule has 0 unspecified atom stereocenters. The largest absolute Gasteiger partial charge is 0.497 e. The second-order valence-electron chi connectivity index (χ2n) is 6.27. The van der Waals surface area contributed by atoms with Gasteiger partial charge in [-0.05, 0) is 49.4 Å². The van der Waals surface area contributed by atoms with Crippen molar-refractivity contribution in [1.82, 2.24) is 5.32 Å². The number of rotatable bonds is 8. The third-order valence-corrected chi connectivity index (χ3v) is 3.82. The quantitative estimate of drug-likeness (QED) is 0.774. The number of nitrogens with two attached hydrogens (primary N) is 1. The van der Waals surface area contributed by atoms with E-state index in [2.05, 4.69) is 19.2 Å². The van der Waals surface area contributed by atoms with Crippen molar-refractivity contribution < 1.29 is 9.53 Å². The van der Waals surface area contributed by atoms with Crippen LogP contribution in [0.15, 0.2) is 24.3 Å². The van der Waals surface area contributed by atoms with E-state index in [1.165, 1.54) is 0 Å². The average Bonchev–Trinajstić information content (AvgIpc) is 2.45. The maximum atomic E-state index is 12.1. The van der Waals surface area contributed by atoms with E-state index in [0.717, 1.165) is 24.2 Å². The Morgan fingerprint density at radius 2 is 2.10 bits per heavy atom. The van der Waals surface area contributed by atoms with E-state index < -0.39 is 0 Å². The smallest absolute Gasteiger partial charge is 0.220 e. The molecule has 0 aliphatic rings. The maximum Gasteiger partial charge on any atom is 0.220 e. The van der Waals surface area contributed by atoms with Gasteiger partial charge in [0, 0.05) is 6.42 Å². The molecule has 0 radical (unpaired) electrons. The van der Waals surface area contributed by atoms with E-state index in [0.29, 0.717) is 13.0 Å². The summed E-state index contributed by atoms with van der Waals surface area (Å²) in [6.07, 6.45) is 2.31. The minimum absolute atomic E-state index is 0.0229. The highest BCUT2D eigenvalue weighted by Gasteiger charge is 2.19. The Morgan fingerprint density at radius 3 is 2.71 bits per heavy atom. The molecule has 0 fully saturated rings. The lowest BCUT2D eigenvalue weighted by Gasteiger charge is -2.24. The first-order chi connectivity index (χ1) is 9.88. The number of carbonyl (C=O) groups excluding carboxylic acids is 1. The van der Waals surface area contributed by atoms with Gasteiger partial charge < -0.3 is 15.8 Å². The van der Waals surface area contributed by atoms with E-state index >= 15 is 0 Å². The number of hydrogen-bond donors (Lipinski definition) is 2. The Bertz CT molecular complexity index is 458. The van der Waals surface area contributed by atoms with Gasteiger partial charge in [-0.2, -0.15) is 0 Å². The first kappa shape index (κ1) is 17.5. The van der Waals surface area contributed by atoms with Crippen molar-refractivity contribution in [3.8, 4) is 5.75 Å². The molecule has 0 saturated heterocycles. The van der Waals surface area contributed by atoms with Gasteiger partial charge in [-0.15, -0.1) is 0 Å². The number of benzene rings is 1. The van der Waals surface area contributed by atoms with Crippen LogP contribution in [0.5, 0.6) is 5.75 Å². The Balaban J connectivity index is 2.50. The SMILES string of the molecule is COc1cccc([C@@H](C)NC(=O)CCC(C)(C)CCN)c1. The molecule has 1 aromatic carbocycles. The van der Waals surface area contributed by atoms with E-state index in [4.69, 9.17) is 10.5 Å². The predicted octanol–water partition coefficient (Wildman–Crippen LogP) is 3.03. The summed E-state index contributed by atoms with van der Waals surface area (Å²) in [6, 6.07) is 7.74. The van der Waals surface area contributed by atoms with Gasteiger partial charge in [-0.3, -0.25) is 4.79 Å². The van der Waals surface area contributed by atoms with Crippen LogP contribution in [0.2, 0.25) is 0 Å². The zero-order valence-electron chi connectivity index (χ0n) is 13.6. The Labute approximate surface area is 128 Å². The molecule has 0 saturated carbocycles. The monoisotopic (exact) mass is 292 g/mol. The summed E-state index contributed by atoms with van der Waals surface area (Å²) < 4.78 is 5.20. The van der Waals surface area contributed by atoms with Crippen molar-refractivity contribution in [2.24, 2.45) is 11.1 Å². The van der Waals surface area contributed by atoms with Crippen molar-refractivity contribution in [3.63, 3.8) is 0 Å². The number of nitrogens with one attached hydrogen (secondary N) is 1. The van der Waals surface area contributed by atoms with Gasteiger partial charge in [-0.25, -0.2) is 0 Å². The third-order valence-electron chi connectivity index (χ3n) is 3.82. The second kappa shape index (κ2) is 8.03. The van der Waals surface area contributed by atoms with Gasteiger partial charge in [0.15, 0.2) is 0 Å². The zero-order chi connectivity index (χ0) is 15.9. The Hall–Kier alpha value is -1.55. The van der Waals surface area contributed by atoms with Crippen molar-refractivity contribution in [1.29, 1.82) is 0 Å². The standard InChI is InChI=1S/C17H28N2O2/c1-13(14-6-5-7-15(12-14)21-4)19-16(20)8-9-17(2,3)10-11-18/h5-7,12-13H,8-11,18H2,1-4H3,(H,19,20)/t13-/m1/s1. The molecule has 3 N–H and O–H groups in total. The van der Waals surface area contributed by atoms with Crippen LogP contribution < -0.4 is 15.8 Å². The highest BCUT2D eigenvalue weighted by atomic mass is 16.5. The van der Waals surface area contributed by atoms with Crippen LogP contribution in [0.25, 0.3) is 0 Å². The first-order valence-corrected chi connectivity index (χ1v) is 7.51.